The number of piperazine rings is 1. The number of nitrogens with zero attached hydrogens (tertiary/aromatic N) is 4. The lowest BCUT2D eigenvalue weighted by molar-refractivity contribution is -0.129. The van der Waals surface area contributed by atoms with Crippen molar-refractivity contribution in [2.45, 2.75) is 45.1 Å². The van der Waals surface area contributed by atoms with Crippen molar-refractivity contribution in [1.82, 2.24) is 20.1 Å². The summed E-state index contributed by atoms with van der Waals surface area (Å²) in [7, 11) is 2.14. The molecule has 1 N–H and O–H groups in total. The second kappa shape index (κ2) is 8.37. The number of carbonyl (C=O) groups is 2. The van der Waals surface area contributed by atoms with Gasteiger partial charge in [0.05, 0.1) is 5.69 Å². The molecule has 8 heteroatoms. The summed E-state index contributed by atoms with van der Waals surface area (Å²) in [5.41, 5.74) is 1.18. The number of hydrogen-bond acceptors (Lipinski definition) is 6. The Bertz CT molecular complexity index is 720. The lowest BCUT2D eigenvalue weighted by atomic mass is 9.90. The van der Waals surface area contributed by atoms with E-state index in [1.165, 1.54) is 10.6 Å². The summed E-state index contributed by atoms with van der Waals surface area (Å²) in [6.07, 6.45) is 4.71. The van der Waals surface area contributed by atoms with Crippen molar-refractivity contribution in [2.75, 3.05) is 51.2 Å². The van der Waals surface area contributed by atoms with Gasteiger partial charge in [0.25, 0.3) is 0 Å². The smallest absolute Gasteiger partial charge is 0.223 e. The van der Waals surface area contributed by atoms with E-state index in [0.29, 0.717) is 6.04 Å². The summed E-state index contributed by atoms with van der Waals surface area (Å²) >= 11 is 1.74. The molecule has 2 saturated heterocycles. The van der Waals surface area contributed by atoms with Crippen LogP contribution in [0.1, 0.15) is 36.8 Å². The number of hydrogen-bond donors (Lipinski definition) is 1. The Morgan fingerprint density at radius 2 is 1.79 bits per heavy atom. The number of carbonyl (C=O) groups excluding carboxylic acids is 2. The zero-order chi connectivity index (χ0) is 19.7. The second-order valence-electron chi connectivity index (χ2n) is 8.39. The largest absolute Gasteiger partial charge is 0.353 e. The second-order valence-corrected chi connectivity index (χ2v) is 9.45. The monoisotopic (exact) mass is 405 g/mol. The Labute approximate surface area is 171 Å². The van der Waals surface area contributed by atoms with Gasteiger partial charge in [-0.05, 0) is 52.2 Å². The van der Waals surface area contributed by atoms with Crippen molar-refractivity contribution in [3.63, 3.8) is 0 Å². The number of anilines is 1. The van der Waals surface area contributed by atoms with Gasteiger partial charge >= 0.3 is 0 Å². The van der Waals surface area contributed by atoms with Gasteiger partial charge in [0.1, 0.15) is 0 Å². The van der Waals surface area contributed by atoms with Crippen LogP contribution in [0.3, 0.4) is 0 Å². The third-order valence-electron chi connectivity index (χ3n) is 6.36. The summed E-state index contributed by atoms with van der Waals surface area (Å²) in [6, 6.07) is 0.333. The quantitative estimate of drug-likeness (QED) is 0.816. The highest BCUT2D eigenvalue weighted by atomic mass is 32.1. The first kappa shape index (κ1) is 19.6. The summed E-state index contributed by atoms with van der Waals surface area (Å²) in [5, 5.41) is 4.36. The number of aryl methyl sites for hydroxylation is 1. The molecule has 3 heterocycles. The number of thiazole rings is 1. The molecule has 2 amide bonds. The highest BCUT2D eigenvalue weighted by Gasteiger charge is 2.30. The highest BCUT2D eigenvalue weighted by molar-refractivity contribution is 7.15. The summed E-state index contributed by atoms with van der Waals surface area (Å²) in [6.45, 7) is 6.97. The van der Waals surface area contributed by atoms with E-state index in [4.69, 9.17) is 4.98 Å². The molecule has 154 valence electrons. The molecule has 1 aliphatic carbocycles. The molecule has 0 spiro atoms. The van der Waals surface area contributed by atoms with E-state index >= 15 is 0 Å². The molecule has 1 aromatic rings. The average Bonchev–Trinajstić information content (AvgIpc) is 3.13. The van der Waals surface area contributed by atoms with Crippen LogP contribution in [0.2, 0.25) is 0 Å². The molecular formula is C20H31N5O2S. The molecule has 0 radical (unpaired) electrons. The Morgan fingerprint density at radius 3 is 2.46 bits per heavy atom. The molecule has 28 heavy (non-hydrogen) atoms. The fourth-order valence-corrected chi connectivity index (χ4v) is 5.64. The molecule has 2 aliphatic heterocycles. The molecule has 1 atom stereocenters. The molecule has 0 saturated carbocycles. The standard InChI is InChI=1S/C20H31N5O2S/c1-14(26)24-9-11-25(12-10-24)20-22-17-4-3-15(13-18(17)28-20)19(27)21-16-5-7-23(2)8-6-16/h15-16H,3-13H2,1-2H3,(H,21,27)/t15-/m1/s1. The number of rotatable bonds is 3. The summed E-state index contributed by atoms with van der Waals surface area (Å²) in [4.78, 5) is 36.9. The van der Waals surface area contributed by atoms with Crippen LogP contribution in [0.15, 0.2) is 0 Å². The van der Waals surface area contributed by atoms with E-state index in [1.807, 2.05) is 4.90 Å². The van der Waals surface area contributed by atoms with Gasteiger partial charge in [-0.15, -0.1) is 11.3 Å². The van der Waals surface area contributed by atoms with Gasteiger partial charge in [-0.3, -0.25) is 9.59 Å². The van der Waals surface area contributed by atoms with Gasteiger partial charge in [0, 0.05) is 49.9 Å². The van der Waals surface area contributed by atoms with Crippen molar-refractivity contribution in [3.05, 3.63) is 10.6 Å². The molecule has 3 aliphatic rings. The Morgan fingerprint density at radius 1 is 1.07 bits per heavy atom. The Hall–Kier alpha value is -1.67. The zero-order valence-electron chi connectivity index (χ0n) is 16.9. The van der Waals surface area contributed by atoms with Gasteiger partial charge in [-0.25, -0.2) is 4.98 Å². The van der Waals surface area contributed by atoms with Crippen LogP contribution < -0.4 is 10.2 Å². The van der Waals surface area contributed by atoms with Crippen LogP contribution in [-0.2, 0) is 22.4 Å². The molecule has 0 unspecified atom stereocenters. The zero-order valence-corrected chi connectivity index (χ0v) is 17.8. The predicted molar refractivity (Wildman–Crippen MR) is 111 cm³/mol. The van der Waals surface area contributed by atoms with Crippen LogP contribution in [0, 0.1) is 5.92 Å². The molecular weight excluding hydrogens is 374 g/mol. The van der Waals surface area contributed by atoms with Crippen molar-refractivity contribution in [1.29, 1.82) is 0 Å². The maximum Gasteiger partial charge on any atom is 0.223 e. The van der Waals surface area contributed by atoms with Gasteiger partial charge in [0.15, 0.2) is 5.13 Å². The maximum absolute atomic E-state index is 12.8. The minimum Gasteiger partial charge on any atom is -0.353 e. The van der Waals surface area contributed by atoms with Crippen LogP contribution >= 0.6 is 11.3 Å². The number of likely N-dealkylation sites (tertiary alicyclic amines) is 1. The van der Waals surface area contributed by atoms with E-state index in [0.717, 1.165) is 76.5 Å². The maximum atomic E-state index is 12.8. The van der Waals surface area contributed by atoms with E-state index in [-0.39, 0.29) is 17.7 Å². The number of piperidine rings is 1. The topological polar surface area (TPSA) is 68.8 Å². The van der Waals surface area contributed by atoms with Crippen LogP contribution in [0.4, 0.5) is 5.13 Å². The van der Waals surface area contributed by atoms with E-state index < -0.39 is 0 Å². The van der Waals surface area contributed by atoms with Crippen LogP contribution in [0.25, 0.3) is 0 Å². The van der Waals surface area contributed by atoms with Crippen LogP contribution in [0.5, 0.6) is 0 Å². The summed E-state index contributed by atoms with van der Waals surface area (Å²) < 4.78 is 0. The fraction of sp³-hybridized carbons (Fsp3) is 0.750. The molecule has 4 rings (SSSR count). The van der Waals surface area contributed by atoms with E-state index in [2.05, 4.69) is 22.2 Å². The third-order valence-corrected chi connectivity index (χ3v) is 7.54. The molecule has 0 bridgehead atoms. The van der Waals surface area contributed by atoms with Crippen molar-refractivity contribution in [3.8, 4) is 0 Å². The lowest BCUT2D eigenvalue weighted by Crippen LogP contribution is -2.48. The van der Waals surface area contributed by atoms with Gasteiger partial charge in [-0.1, -0.05) is 0 Å². The minimum atomic E-state index is 0.0787. The molecule has 7 nitrogen and oxygen atoms in total. The number of fused-ring (bicyclic) bond motifs is 1. The number of nitrogens with one attached hydrogen (secondary N) is 1. The molecule has 2 fully saturated rings. The van der Waals surface area contributed by atoms with Gasteiger partial charge in [0.2, 0.25) is 11.8 Å². The van der Waals surface area contributed by atoms with Crippen molar-refractivity contribution >= 4 is 28.3 Å². The predicted octanol–water partition coefficient (Wildman–Crippen LogP) is 1.13. The highest BCUT2D eigenvalue weighted by Crippen LogP contribution is 2.34. The fourth-order valence-electron chi connectivity index (χ4n) is 4.40. The third kappa shape index (κ3) is 4.33. The van der Waals surface area contributed by atoms with Crippen LogP contribution in [-0.4, -0.2) is 79.0 Å². The van der Waals surface area contributed by atoms with E-state index in [9.17, 15) is 9.59 Å². The molecule has 0 aromatic carbocycles. The minimum absolute atomic E-state index is 0.0787. The van der Waals surface area contributed by atoms with Gasteiger partial charge in [-0.2, -0.15) is 0 Å². The normalized spacial score (nSPS) is 24.1. The van der Waals surface area contributed by atoms with Crippen molar-refractivity contribution < 1.29 is 9.59 Å². The molecule has 1 aromatic heterocycles. The van der Waals surface area contributed by atoms with E-state index in [1.54, 1.807) is 18.3 Å². The summed E-state index contributed by atoms with van der Waals surface area (Å²) in [5.74, 6) is 0.455. The number of amides is 2. The lowest BCUT2D eigenvalue weighted by Gasteiger charge is -2.33. The Kier molecular flexibility index (Phi) is 5.87. The SMILES string of the molecule is CC(=O)N1CCN(c2nc3c(s2)C[C@H](C(=O)NC2CCN(C)CC2)CC3)CC1. The average molecular weight is 406 g/mol. The number of aromatic nitrogens is 1. The Balaban J connectivity index is 1.33. The van der Waals surface area contributed by atoms with Crippen molar-refractivity contribution in [2.24, 2.45) is 5.92 Å². The van der Waals surface area contributed by atoms with Gasteiger partial charge < -0.3 is 20.0 Å². The first-order chi connectivity index (χ1) is 13.5. The first-order valence-corrected chi connectivity index (χ1v) is 11.3. The first-order valence-electron chi connectivity index (χ1n) is 10.5.